The summed E-state index contributed by atoms with van der Waals surface area (Å²) in [6, 6.07) is 15.4. The first-order chi connectivity index (χ1) is 15.3. The van der Waals surface area contributed by atoms with E-state index < -0.39 is 0 Å². The first kappa shape index (κ1) is 24.2. The number of hydrazone groups is 1. The third kappa shape index (κ3) is 5.33. The lowest BCUT2D eigenvalue weighted by atomic mass is 9.87. The van der Waals surface area contributed by atoms with Gasteiger partial charge in [-0.15, -0.1) is 0 Å². The largest absolute Gasteiger partial charge is 0.295 e. The highest BCUT2D eigenvalue weighted by molar-refractivity contribution is 6.01. The van der Waals surface area contributed by atoms with Crippen LogP contribution in [0.3, 0.4) is 0 Å². The summed E-state index contributed by atoms with van der Waals surface area (Å²) in [5.41, 5.74) is 7.59. The summed E-state index contributed by atoms with van der Waals surface area (Å²) in [6.45, 7) is 16.4. The molecule has 3 aromatic rings. The molecule has 0 atom stereocenters. The molecule has 0 radical (unpaired) electrons. The van der Waals surface area contributed by atoms with E-state index in [1.165, 1.54) is 10.2 Å². The summed E-state index contributed by atoms with van der Waals surface area (Å²) in [5.74, 6) is -0.318. The Morgan fingerprint density at radius 3 is 1.85 bits per heavy atom. The SMILES string of the molecule is C/C(=N\NC(=O)c1ccc(C(C)(C)C)cc1)c1c(C)[nH]n(-c2ccc(C(C)(C)C)cc2)c1=O. The summed E-state index contributed by atoms with van der Waals surface area (Å²) in [7, 11) is 0. The molecule has 0 aliphatic rings. The maximum absolute atomic E-state index is 13.1. The van der Waals surface area contributed by atoms with Gasteiger partial charge in [0.1, 0.15) is 0 Å². The lowest BCUT2D eigenvalue weighted by molar-refractivity contribution is 0.0954. The van der Waals surface area contributed by atoms with Crippen molar-refractivity contribution in [1.29, 1.82) is 0 Å². The van der Waals surface area contributed by atoms with Gasteiger partial charge in [-0.3, -0.25) is 14.7 Å². The molecule has 0 saturated carbocycles. The van der Waals surface area contributed by atoms with Crippen LogP contribution < -0.4 is 11.0 Å². The molecule has 0 aliphatic carbocycles. The van der Waals surface area contributed by atoms with Gasteiger partial charge in [0.15, 0.2) is 0 Å². The second kappa shape index (κ2) is 8.85. The van der Waals surface area contributed by atoms with Gasteiger partial charge in [-0.2, -0.15) is 5.10 Å². The number of carbonyl (C=O) groups excluding carboxylic acids is 1. The molecule has 0 fully saturated rings. The third-order valence-corrected chi connectivity index (χ3v) is 5.76. The topological polar surface area (TPSA) is 79.2 Å². The van der Waals surface area contributed by atoms with Crippen molar-refractivity contribution >= 4 is 11.6 Å². The molecule has 1 aromatic heterocycles. The van der Waals surface area contributed by atoms with Crippen LogP contribution in [0.1, 0.15) is 81.2 Å². The second-order valence-corrected chi connectivity index (χ2v) is 10.5. The number of hydrogen-bond acceptors (Lipinski definition) is 3. The predicted molar refractivity (Wildman–Crippen MR) is 135 cm³/mol. The number of nitrogens with zero attached hydrogens (tertiary/aromatic N) is 2. The van der Waals surface area contributed by atoms with E-state index in [1.54, 1.807) is 19.1 Å². The number of nitrogens with one attached hydrogen (secondary N) is 2. The van der Waals surface area contributed by atoms with Crippen molar-refractivity contribution in [2.75, 3.05) is 0 Å². The van der Waals surface area contributed by atoms with Crippen LogP contribution in [0, 0.1) is 6.92 Å². The Morgan fingerprint density at radius 2 is 1.36 bits per heavy atom. The van der Waals surface area contributed by atoms with Crippen LogP contribution in [0.25, 0.3) is 5.69 Å². The first-order valence-corrected chi connectivity index (χ1v) is 11.2. The van der Waals surface area contributed by atoms with Gasteiger partial charge < -0.3 is 0 Å². The Bertz CT molecular complexity index is 1230. The highest BCUT2D eigenvalue weighted by Crippen LogP contribution is 2.23. The monoisotopic (exact) mass is 446 g/mol. The smallest absolute Gasteiger partial charge is 0.280 e. The van der Waals surface area contributed by atoms with Crippen molar-refractivity contribution in [3.05, 3.63) is 86.8 Å². The Kier molecular flexibility index (Phi) is 6.50. The number of hydrogen-bond donors (Lipinski definition) is 2. The van der Waals surface area contributed by atoms with E-state index in [-0.39, 0.29) is 22.3 Å². The summed E-state index contributed by atoms with van der Waals surface area (Å²) in [6.07, 6.45) is 0. The summed E-state index contributed by atoms with van der Waals surface area (Å²) >= 11 is 0. The quantitative estimate of drug-likeness (QED) is 0.425. The summed E-state index contributed by atoms with van der Waals surface area (Å²) in [5, 5.41) is 7.32. The lowest BCUT2D eigenvalue weighted by Gasteiger charge is -2.19. The van der Waals surface area contributed by atoms with Gasteiger partial charge in [-0.05, 0) is 60.1 Å². The van der Waals surface area contributed by atoms with Crippen molar-refractivity contribution in [2.24, 2.45) is 5.10 Å². The molecular weight excluding hydrogens is 412 g/mol. The molecule has 6 nitrogen and oxygen atoms in total. The number of aryl methyl sites for hydroxylation is 1. The van der Waals surface area contributed by atoms with Crippen LogP contribution in [0.4, 0.5) is 0 Å². The molecule has 0 spiro atoms. The van der Waals surface area contributed by atoms with Gasteiger partial charge in [0.05, 0.1) is 17.0 Å². The van der Waals surface area contributed by atoms with Crippen LogP contribution in [-0.2, 0) is 10.8 Å². The van der Waals surface area contributed by atoms with Crippen molar-refractivity contribution in [3.63, 3.8) is 0 Å². The zero-order chi connectivity index (χ0) is 24.6. The van der Waals surface area contributed by atoms with Gasteiger partial charge in [-0.25, -0.2) is 10.1 Å². The molecule has 0 aliphatic heterocycles. The first-order valence-electron chi connectivity index (χ1n) is 11.2. The molecule has 1 heterocycles. The maximum atomic E-state index is 13.1. The molecule has 6 heteroatoms. The Morgan fingerprint density at radius 1 is 0.879 bits per heavy atom. The number of aromatic nitrogens is 2. The van der Waals surface area contributed by atoms with Crippen LogP contribution in [0.2, 0.25) is 0 Å². The number of benzene rings is 2. The molecule has 1 amide bonds. The highest BCUT2D eigenvalue weighted by Gasteiger charge is 2.18. The van der Waals surface area contributed by atoms with Crippen molar-refractivity contribution < 1.29 is 4.79 Å². The van der Waals surface area contributed by atoms with E-state index in [4.69, 9.17) is 0 Å². The average molecular weight is 447 g/mol. The molecule has 2 N–H and O–H groups in total. The standard InChI is InChI=1S/C27H34N4O2/c1-17(28-29-24(32)19-9-11-20(12-10-19)26(3,4)5)23-18(2)30-31(25(23)33)22-15-13-21(14-16-22)27(6,7)8/h9-16,30H,1-8H3,(H,29,32)/b28-17+. The normalized spacial score (nSPS) is 12.7. The van der Waals surface area contributed by atoms with E-state index >= 15 is 0 Å². The minimum atomic E-state index is -0.318. The number of rotatable bonds is 4. The van der Waals surface area contributed by atoms with Crippen molar-refractivity contribution in [3.8, 4) is 5.69 Å². The van der Waals surface area contributed by atoms with E-state index in [9.17, 15) is 9.59 Å². The Hall–Kier alpha value is -3.41. The molecule has 0 unspecified atom stereocenters. The van der Waals surface area contributed by atoms with Crippen molar-refractivity contribution in [2.45, 2.75) is 66.2 Å². The maximum Gasteiger partial charge on any atom is 0.280 e. The number of amides is 1. The second-order valence-electron chi connectivity index (χ2n) is 10.5. The number of carbonyl (C=O) groups is 1. The van der Waals surface area contributed by atoms with Crippen LogP contribution in [-0.4, -0.2) is 21.4 Å². The van der Waals surface area contributed by atoms with Gasteiger partial charge >= 0.3 is 0 Å². The highest BCUT2D eigenvalue weighted by atomic mass is 16.2. The van der Waals surface area contributed by atoms with Gasteiger partial charge in [-0.1, -0.05) is 65.8 Å². The van der Waals surface area contributed by atoms with E-state index in [0.29, 0.717) is 22.5 Å². The predicted octanol–water partition coefficient (Wildman–Crippen LogP) is 5.22. The molecule has 33 heavy (non-hydrogen) atoms. The zero-order valence-electron chi connectivity index (χ0n) is 20.8. The minimum Gasteiger partial charge on any atom is -0.295 e. The zero-order valence-corrected chi connectivity index (χ0v) is 20.8. The molecule has 0 bridgehead atoms. The molecule has 2 aromatic carbocycles. The van der Waals surface area contributed by atoms with Gasteiger partial charge in [0.25, 0.3) is 11.5 Å². The van der Waals surface area contributed by atoms with Crippen LogP contribution in [0.5, 0.6) is 0 Å². The van der Waals surface area contributed by atoms with Crippen LogP contribution in [0.15, 0.2) is 58.4 Å². The fraction of sp³-hybridized carbons (Fsp3) is 0.370. The summed E-state index contributed by atoms with van der Waals surface area (Å²) in [4.78, 5) is 25.6. The molecule has 3 rings (SSSR count). The Labute approximate surface area is 195 Å². The molecular formula is C27H34N4O2. The number of aromatic amines is 1. The summed E-state index contributed by atoms with van der Waals surface area (Å²) < 4.78 is 1.50. The Balaban J connectivity index is 1.81. The third-order valence-electron chi connectivity index (χ3n) is 5.76. The fourth-order valence-electron chi connectivity index (χ4n) is 3.64. The van der Waals surface area contributed by atoms with Crippen molar-refractivity contribution in [1.82, 2.24) is 15.2 Å². The van der Waals surface area contributed by atoms with E-state index in [0.717, 1.165) is 11.3 Å². The van der Waals surface area contributed by atoms with E-state index in [2.05, 4.69) is 57.2 Å². The van der Waals surface area contributed by atoms with Crippen LogP contribution >= 0.6 is 0 Å². The molecule has 0 saturated heterocycles. The lowest BCUT2D eigenvalue weighted by Crippen LogP contribution is -2.23. The number of H-pyrrole nitrogens is 1. The van der Waals surface area contributed by atoms with Gasteiger partial charge in [0, 0.05) is 11.3 Å². The molecule has 174 valence electrons. The minimum absolute atomic E-state index is 0.0164. The fourth-order valence-corrected chi connectivity index (χ4v) is 3.64. The van der Waals surface area contributed by atoms with Gasteiger partial charge in [0.2, 0.25) is 0 Å². The average Bonchev–Trinajstić information content (AvgIpc) is 3.04. The van der Waals surface area contributed by atoms with E-state index in [1.807, 2.05) is 43.3 Å².